The minimum Gasteiger partial charge on any atom is -0.288 e. The number of hydrogen-bond acceptors (Lipinski definition) is 4. The number of aromatic nitrogens is 2. The lowest BCUT2D eigenvalue weighted by molar-refractivity contribution is -0.384. The van der Waals surface area contributed by atoms with Gasteiger partial charge in [-0.2, -0.15) is 0 Å². The van der Waals surface area contributed by atoms with Gasteiger partial charge in [0.15, 0.2) is 0 Å². The first-order chi connectivity index (χ1) is 11.1. The van der Waals surface area contributed by atoms with E-state index in [0.717, 1.165) is 24.2 Å². The molecule has 6 nitrogen and oxygen atoms in total. The van der Waals surface area contributed by atoms with Crippen molar-refractivity contribution in [3.63, 3.8) is 0 Å². The van der Waals surface area contributed by atoms with E-state index in [-0.39, 0.29) is 17.3 Å². The molecule has 0 N–H and O–H groups in total. The molecule has 0 bridgehead atoms. The highest BCUT2D eigenvalue weighted by atomic mass is 16.6. The molecular weight excluding hydrogens is 294 g/mol. The molecule has 0 spiro atoms. The van der Waals surface area contributed by atoms with Gasteiger partial charge in [0.1, 0.15) is 5.82 Å². The molecule has 0 unspecified atom stereocenters. The normalized spacial score (nSPS) is 16.4. The van der Waals surface area contributed by atoms with Gasteiger partial charge in [-0.05, 0) is 18.1 Å². The average Bonchev–Trinajstić information content (AvgIpc) is 2.99. The van der Waals surface area contributed by atoms with Gasteiger partial charge < -0.3 is 0 Å². The minimum absolute atomic E-state index is 0.0603. The van der Waals surface area contributed by atoms with E-state index in [2.05, 4.69) is 4.98 Å². The van der Waals surface area contributed by atoms with Gasteiger partial charge in [-0.3, -0.25) is 19.5 Å². The number of benzene rings is 2. The van der Waals surface area contributed by atoms with Crippen molar-refractivity contribution in [1.29, 1.82) is 0 Å². The average molecular weight is 307 g/mol. The summed E-state index contributed by atoms with van der Waals surface area (Å²) in [5.41, 5.74) is 1.27. The van der Waals surface area contributed by atoms with E-state index in [1.165, 1.54) is 12.1 Å². The zero-order valence-corrected chi connectivity index (χ0v) is 12.2. The molecule has 0 aliphatic carbocycles. The van der Waals surface area contributed by atoms with Gasteiger partial charge in [-0.1, -0.05) is 30.3 Å². The van der Waals surface area contributed by atoms with Gasteiger partial charge in [0.2, 0.25) is 0 Å². The molecule has 1 atom stereocenters. The van der Waals surface area contributed by atoms with E-state index in [4.69, 9.17) is 0 Å². The van der Waals surface area contributed by atoms with E-state index >= 15 is 0 Å². The molecule has 1 aromatic heterocycles. The number of fused-ring (bicyclic) bond motifs is 2. The molecule has 2 aromatic carbocycles. The van der Waals surface area contributed by atoms with Crippen LogP contribution in [0, 0.1) is 10.1 Å². The largest absolute Gasteiger partial charge is 0.288 e. The zero-order valence-electron chi connectivity index (χ0n) is 12.2. The molecule has 0 fully saturated rings. The molecule has 0 radical (unpaired) electrons. The van der Waals surface area contributed by atoms with Crippen molar-refractivity contribution in [3.05, 3.63) is 80.4 Å². The van der Waals surface area contributed by atoms with E-state index in [0.29, 0.717) is 10.9 Å². The second kappa shape index (κ2) is 5.01. The molecular formula is C17H13N3O3. The maximum absolute atomic E-state index is 12.9. The Balaban J connectivity index is 1.96. The number of nitro groups is 1. The predicted octanol–water partition coefficient (Wildman–Crippen LogP) is 2.84. The summed E-state index contributed by atoms with van der Waals surface area (Å²) in [5, 5.41) is 11.2. The van der Waals surface area contributed by atoms with Crippen LogP contribution >= 0.6 is 0 Å². The summed E-state index contributed by atoms with van der Waals surface area (Å²) in [4.78, 5) is 27.9. The van der Waals surface area contributed by atoms with Gasteiger partial charge in [-0.15, -0.1) is 0 Å². The monoisotopic (exact) mass is 307 g/mol. The third-order valence-corrected chi connectivity index (χ3v) is 4.31. The van der Waals surface area contributed by atoms with Crippen LogP contribution in [0.2, 0.25) is 0 Å². The lowest BCUT2D eigenvalue weighted by atomic mass is 10.1. The Hall–Kier alpha value is -3.02. The van der Waals surface area contributed by atoms with Crippen molar-refractivity contribution >= 4 is 16.6 Å². The minimum atomic E-state index is -0.495. The number of non-ortho nitro benzene ring substituents is 1. The summed E-state index contributed by atoms with van der Waals surface area (Å²) >= 11 is 0. The maximum Gasteiger partial charge on any atom is 0.270 e. The van der Waals surface area contributed by atoms with Gasteiger partial charge in [0, 0.05) is 18.6 Å². The predicted molar refractivity (Wildman–Crippen MR) is 85.6 cm³/mol. The Morgan fingerprint density at radius 3 is 2.70 bits per heavy atom. The molecule has 3 aromatic rings. The van der Waals surface area contributed by atoms with Crippen molar-refractivity contribution < 1.29 is 4.92 Å². The van der Waals surface area contributed by atoms with Crippen LogP contribution in [0.4, 0.5) is 5.69 Å². The number of nitrogens with zero attached hydrogens (tertiary/aromatic N) is 3. The fourth-order valence-electron chi connectivity index (χ4n) is 3.23. The summed E-state index contributed by atoms with van der Waals surface area (Å²) in [6.07, 6.45) is 1.53. The van der Waals surface area contributed by atoms with Crippen LogP contribution in [0.3, 0.4) is 0 Å². The van der Waals surface area contributed by atoms with Gasteiger partial charge >= 0.3 is 0 Å². The highest BCUT2D eigenvalue weighted by Gasteiger charge is 2.27. The fraction of sp³-hybridized carbons (Fsp3) is 0.176. The maximum atomic E-state index is 12.9. The van der Waals surface area contributed by atoms with Crippen LogP contribution in [-0.4, -0.2) is 14.5 Å². The highest BCUT2D eigenvalue weighted by Crippen LogP contribution is 2.30. The molecule has 6 heteroatoms. The molecule has 23 heavy (non-hydrogen) atoms. The van der Waals surface area contributed by atoms with Crippen molar-refractivity contribution in [1.82, 2.24) is 9.55 Å². The molecule has 0 amide bonds. The first kappa shape index (κ1) is 13.6. The second-order valence-corrected chi connectivity index (χ2v) is 5.63. The smallest absolute Gasteiger partial charge is 0.270 e. The Labute approximate surface area is 131 Å². The Bertz CT molecular complexity index is 980. The SMILES string of the molecule is O=c1c2cc([N+](=O)[O-])ccc2nc2n1[C@@H](c1ccccc1)CC2. The summed E-state index contributed by atoms with van der Waals surface area (Å²) in [7, 11) is 0. The topological polar surface area (TPSA) is 78.0 Å². The zero-order chi connectivity index (χ0) is 16.0. The quantitative estimate of drug-likeness (QED) is 0.539. The summed E-state index contributed by atoms with van der Waals surface area (Å²) < 4.78 is 1.68. The highest BCUT2D eigenvalue weighted by molar-refractivity contribution is 5.80. The van der Waals surface area contributed by atoms with Crippen LogP contribution < -0.4 is 5.56 Å². The lowest BCUT2D eigenvalue weighted by Crippen LogP contribution is -2.25. The molecule has 4 rings (SSSR count). The molecule has 114 valence electrons. The first-order valence-electron chi connectivity index (χ1n) is 7.39. The number of aryl methyl sites for hydroxylation is 1. The third kappa shape index (κ3) is 2.11. The summed E-state index contributed by atoms with van der Waals surface area (Å²) in [5.74, 6) is 0.741. The fourth-order valence-corrected chi connectivity index (χ4v) is 3.23. The Morgan fingerprint density at radius 2 is 1.96 bits per heavy atom. The number of rotatable bonds is 2. The molecule has 2 heterocycles. The lowest BCUT2D eigenvalue weighted by Gasteiger charge is -2.15. The number of hydrogen-bond donors (Lipinski definition) is 0. The summed E-state index contributed by atoms with van der Waals surface area (Å²) in [6, 6.07) is 14.0. The van der Waals surface area contributed by atoms with Gasteiger partial charge in [0.05, 0.1) is 21.9 Å². The first-order valence-corrected chi connectivity index (χ1v) is 7.39. The molecule has 0 saturated heterocycles. The summed E-state index contributed by atoms with van der Waals surface area (Å²) in [6.45, 7) is 0. The van der Waals surface area contributed by atoms with Crippen LogP contribution in [0.15, 0.2) is 53.3 Å². The van der Waals surface area contributed by atoms with Crippen LogP contribution in [0.1, 0.15) is 23.9 Å². The standard InChI is InChI=1S/C17H13N3O3/c21-17-13-10-12(20(22)23)6-7-14(13)18-16-9-8-15(19(16)17)11-4-2-1-3-5-11/h1-7,10,15H,8-9H2/t15-/m1/s1. The van der Waals surface area contributed by atoms with Gasteiger partial charge in [-0.25, -0.2) is 4.98 Å². The molecule has 1 aliphatic heterocycles. The van der Waals surface area contributed by atoms with E-state index in [1.807, 2.05) is 30.3 Å². The van der Waals surface area contributed by atoms with Gasteiger partial charge in [0.25, 0.3) is 11.2 Å². The van der Waals surface area contributed by atoms with E-state index < -0.39 is 4.92 Å². The van der Waals surface area contributed by atoms with Crippen molar-refractivity contribution in [3.8, 4) is 0 Å². The van der Waals surface area contributed by atoms with Crippen LogP contribution in [-0.2, 0) is 6.42 Å². The molecule has 1 aliphatic rings. The Morgan fingerprint density at radius 1 is 1.17 bits per heavy atom. The molecule has 0 saturated carbocycles. The van der Waals surface area contributed by atoms with Crippen LogP contribution in [0.25, 0.3) is 10.9 Å². The van der Waals surface area contributed by atoms with E-state index in [1.54, 1.807) is 10.6 Å². The third-order valence-electron chi connectivity index (χ3n) is 4.31. The second-order valence-electron chi connectivity index (χ2n) is 5.63. The van der Waals surface area contributed by atoms with Crippen LogP contribution in [0.5, 0.6) is 0 Å². The van der Waals surface area contributed by atoms with Crippen molar-refractivity contribution in [2.45, 2.75) is 18.9 Å². The van der Waals surface area contributed by atoms with E-state index in [9.17, 15) is 14.9 Å². The Kier molecular flexibility index (Phi) is 2.97. The number of nitro benzene ring substituents is 1. The van der Waals surface area contributed by atoms with Crippen molar-refractivity contribution in [2.75, 3.05) is 0 Å². The van der Waals surface area contributed by atoms with Crippen molar-refractivity contribution in [2.24, 2.45) is 0 Å².